The minimum atomic E-state index is -0.833. The molecule has 1 saturated heterocycles. The molecule has 1 heterocycles. The largest absolute Gasteiger partial charge is 0.387 e. The topological polar surface area (TPSA) is 58.6 Å². The highest BCUT2D eigenvalue weighted by molar-refractivity contribution is 7.98. The first-order chi connectivity index (χ1) is 7.44. The van der Waals surface area contributed by atoms with E-state index < -0.39 is 5.60 Å². The van der Waals surface area contributed by atoms with Crippen LogP contribution in [0, 0.1) is 5.92 Å². The Hall–Kier alpha value is -0.260. The second-order valence-corrected chi connectivity index (χ2v) is 5.59. The van der Waals surface area contributed by atoms with Crippen molar-refractivity contribution in [1.82, 2.24) is 5.32 Å². The lowest BCUT2D eigenvalue weighted by molar-refractivity contribution is -0.125. The SMILES string of the molecule is CSCC(C)(O)CNC(=O)C1COC(C)C1. The standard InChI is InChI=1S/C11H21NO3S/c1-8-4-9(5-15-8)10(13)12-6-11(2,14)7-16-3/h8-9,14H,4-7H2,1-3H3,(H,12,13). The van der Waals surface area contributed by atoms with E-state index in [1.807, 2.05) is 13.2 Å². The van der Waals surface area contributed by atoms with Crippen LogP contribution in [-0.4, -0.2) is 47.9 Å². The fourth-order valence-electron chi connectivity index (χ4n) is 1.78. The van der Waals surface area contributed by atoms with Gasteiger partial charge in [-0.1, -0.05) is 0 Å². The van der Waals surface area contributed by atoms with Crippen LogP contribution in [0.5, 0.6) is 0 Å². The maximum atomic E-state index is 11.7. The third kappa shape index (κ3) is 4.31. The number of nitrogens with one attached hydrogen (secondary N) is 1. The summed E-state index contributed by atoms with van der Waals surface area (Å²) in [6, 6.07) is 0. The first-order valence-corrected chi connectivity index (χ1v) is 6.94. The van der Waals surface area contributed by atoms with Crippen molar-refractivity contribution in [2.45, 2.75) is 32.0 Å². The number of amides is 1. The maximum Gasteiger partial charge on any atom is 0.225 e. The highest BCUT2D eigenvalue weighted by Gasteiger charge is 2.29. The van der Waals surface area contributed by atoms with Gasteiger partial charge in [-0.2, -0.15) is 11.8 Å². The molecule has 3 atom stereocenters. The lowest BCUT2D eigenvalue weighted by Gasteiger charge is -2.23. The molecule has 5 heteroatoms. The molecular formula is C11H21NO3S. The van der Waals surface area contributed by atoms with Gasteiger partial charge in [-0.15, -0.1) is 0 Å². The van der Waals surface area contributed by atoms with Crippen molar-refractivity contribution in [2.75, 3.05) is 25.2 Å². The van der Waals surface area contributed by atoms with Gasteiger partial charge in [-0.25, -0.2) is 0 Å². The van der Waals surface area contributed by atoms with Gasteiger partial charge in [0, 0.05) is 12.3 Å². The Kier molecular flexibility index (Phi) is 5.08. The van der Waals surface area contributed by atoms with Crippen LogP contribution in [0.1, 0.15) is 20.3 Å². The molecule has 1 aliphatic heterocycles. The summed E-state index contributed by atoms with van der Waals surface area (Å²) in [5.74, 6) is 0.552. The van der Waals surface area contributed by atoms with Crippen LogP contribution < -0.4 is 5.32 Å². The monoisotopic (exact) mass is 247 g/mol. The van der Waals surface area contributed by atoms with Crippen LogP contribution in [0.4, 0.5) is 0 Å². The first kappa shape index (κ1) is 13.8. The molecule has 0 aromatic heterocycles. The van der Waals surface area contributed by atoms with E-state index in [0.29, 0.717) is 18.9 Å². The molecule has 1 amide bonds. The lowest BCUT2D eigenvalue weighted by atomic mass is 10.0. The zero-order valence-corrected chi connectivity index (χ0v) is 11.0. The molecule has 0 bridgehead atoms. The number of ether oxygens (including phenoxy) is 1. The van der Waals surface area contributed by atoms with Crippen LogP contribution in [0.3, 0.4) is 0 Å². The van der Waals surface area contributed by atoms with Gasteiger partial charge in [0.15, 0.2) is 0 Å². The van der Waals surface area contributed by atoms with Gasteiger partial charge < -0.3 is 15.2 Å². The smallest absolute Gasteiger partial charge is 0.225 e. The molecule has 1 aliphatic rings. The van der Waals surface area contributed by atoms with E-state index in [1.165, 1.54) is 0 Å². The van der Waals surface area contributed by atoms with E-state index in [1.54, 1.807) is 18.7 Å². The minimum Gasteiger partial charge on any atom is -0.387 e. The van der Waals surface area contributed by atoms with E-state index in [4.69, 9.17) is 4.74 Å². The second kappa shape index (κ2) is 5.89. The van der Waals surface area contributed by atoms with Crippen molar-refractivity contribution in [3.63, 3.8) is 0 Å². The Labute approximate surface area is 101 Å². The summed E-state index contributed by atoms with van der Waals surface area (Å²) in [6.45, 7) is 4.50. The highest BCUT2D eigenvalue weighted by atomic mass is 32.2. The summed E-state index contributed by atoms with van der Waals surface area (Å²) >= 11 is 1.57. The van der Waals surface area contributed by atoms with Gasteiger partial charge in [0.1, 0.15) is 0 Å². The van der Waals surface area contributed by atoms with Crippen LogP contribution in [0.15, 0.2) is 0 Å². The van der Waals surface area contributed by atoms with Crippen molar-refractivity contribution in [3.8, 4) is 0 Å². The average molecular weight is 247 g/mol. The molecule has 0 aromatic rings. The number of rotatable bonds is 5. The zero-order chi connectivity index (χ0) is 12.2. The maximum absolute atomic E-state index is 11.7. The Morgan fingerprint density at radius 2 is 2.38 bits per heavy atom. The molecule has 4 nitrogen and oxygen atoms in total. The summed E-state index contributed by atoms with van der Waals surface area (Å²) < 4.78 is 5.34. The first-order valence-electron chi connectivity index (χ1n) is 5.55. The van der Waals surface area contributed by atoms with Gasteiger partial charge in [0.25, 0.3) is 0 Å². The number of hydrogen-bond acceptors (Lipinski definition) is 4. The predicted octanol–water partition coefficient (Wildman–Crippen LogP) is 0.642. The van der Waals surface area contributed by atoms with Crippen molar-refractivity contribution in [2.24, 2.45) is 5.92 Å². The molecule has 0 spiro atoms. The average Bonchev–Trinajstić information content (AvgIpc) is 2.61. The molecule has 16 heavy (non-hydrogen) atoms. The Morgan fingerprint density at radius 3 is 2.88 bits per heavy atom. The van der Waals surface area contributed by atoms with E-state index in [0.717, 1.165) is 6.42 Å². The summed E-state index contributed by atoms with van der Waals surface area (Å²) in [6.07, 6.45) is 2.88. The molecule has 2 N–H and O–H groups in total. The van der Waals surface area contributed by atoms with Crippen molar-refractivity contribution in [1.29, 1.82) is 0 Å². The molecule has 3 unspecified atom stereocenters. The van der Waals surface area contributed by atoms with Crippen LogP contribution >= 0.6 is 11.8 Å². The van der Waals surface area contributed by atoms with Gasteiger partial charge in [-0.3, -0.25) is 4.79 Å². The second-order valence-electron chi connectivity index (χ2n) is 4.72. The Bertz CT molecular complexity index is 245. The van der Waals surface area contributed by atoms with E-state index in [-0.39, 0.29) is 17.9 Å². The Balaban J connectivity index is 2.29. The number of hydrogen-bond donors (Lipinski definition) is 2. The molecule has 1 fully saturated rings. The molecule has 0 aliphatic carbocycles. The predicted molar refractivity (Wildman–Crippen MR) is 65.5 cm³/mol. The van der Waals surface area contributed by atoms with E-state index in [9.17, 15) is 9.90 Å². The number of carbonyl (C=O) groups is 1. The third-order valence-electron chi connectivity index (χ3n) is 2.67. The Morgan fingerprint density at radius 1 is 1.69 bits per heavy atom. The molecule has 94 valence electrons. The quantitative estimate of drug-likeness (QED) is 0.748. The highest BCUT2D eigenvalue weighted by Crippen LogP contribution is 2.19. The van der Waals surface area contributed by atoms with E-state index >= 15 is 0 Å². The van der Waals surface area contributed by atoms with Crippen molar-refractivity contribution >= 4 is 17.7 Å². The zero-order valence-electron chi connectivity index (χ0n) is 10.2. The van der Waals surface area contributed by atoms with Crippen LogP contribution in [0.2, 0.25) is 0 Å². The molecule has 0 saturated carbocycles. The molecule has 0 aromatic carbocycles. The van der Waals surface area contributed by atoms with Crippen LogP contribution in [0.25, 0.3) is 0 Å². The third-order valence-corrected chi connectivity index (χ3v) is 3.58. The van der Waals surface area contributed by atoms with Gasteiger partial charge >= 0.3 is 0 Å². The van der Waals surface area contributed by atoms with Crippen molar-refractivity contribution in [3.05, 3.63) is 0 Å². The summed E-state index contributed by atoms with van der Waals surface area (Å²) in [7, 11) is 0. The summed E-state index contributed by atoms with van der Waals surface area (Å²) in [5.41, 5.74) is -0.833. The summed E-state index contributed by atoms with van der Waals surface area (Å²) in [5, 5.41) is 12.7. The normalized spacial score (nSPS) is 28.8. The molecule has 0 radical (unpaired) electrons. The van der Waals surface area contributed by atoms with Crippen molar-refractivity contribution < 1.29 is 14.6 Å². The number of aliphatic hydroxyl groups is 1. The lowest BCUT2D eigenvalue weighted by Crippen LogP contribution is -2.44. The number of carbonyl (C=O) groups excluding carboxylic acids is 1. The van der Waals surface area contributed by atoms with Gasteiger partial charge in [0.05, 0.1) is 24.2 Å². The fourth-order valence-corrected chi connectivity index (χ4v) is 2.51. The molecular weight excluding hydrogens is 226 g/mol. The fraction of sp³-hybridized carbons (Fsp3) is 0.909. The summed E-state index contributed by atoms with van der Waals surface area (Å²) in [4.78, 5) is 11.7. The van der Waals surface area contributed by atoms with E-state index in [2.05, 4.69) is 5.32 Å². The van der Waals surface area contributed by atoms with Gasteiger partial charge in [0.2, 0.25) is 5.91 Å². The minimum absolute atomic E-state index is 0.00859. The van der Waals surface area contributed by atoms with Gasteiger partial charge in [-0.05, 0) is 26.5 Å². The molecule has 1 rings (SSSR count). The van der Waals surface area contributed by atoms with Crippen LogP contribution in [-0.2, 0) is 9.53 Å². The number of thioether (sulfide) groups is 1.